The number of nitrogens with one attached hydrogen (secondary N) is 1. The van der Waals surface area contributed by atoms with Crippen molar-refractivity contribution in [1.29, 1.82) is 0 Å². The van der Waals surface area contributed by atoms with Crippen molar-refractivity contribution in [2.45, 2.75) is 20.1 Å². The Morgan fingerprint density at radius 3 is 2.68 bits per heavy atom. The van der Waals surface area contributed by atoms with Crippen LogP contribution in [0, 0.1) is 6.92 Å². The fraction of sp³-hybridized carbons (Fsp3) is 0.125. The monoisotopic (exact) mass is 503 g/mol. The number of nitrogens with zero attached hydrogens (tertiary/aromatic N) is 2. The number of fused-ring (bicyclic) bond motifs is 1. The lowest BCUT2D eigenvalue weighted by Crippen LogP contribution is -2.07. The fourth-order valence-corrected chi connectivity index (χ4v) is 4.36. The second-order valence-corrected chi connectivity index (χ2v) is 9.06. The summed E-state index contributed by atoms with van der Waals surface area (Å²) in [5, 5.41) is 9.70. The Morgan fingerprint density at radius 1 is 0.974 bits per heavy atom. The third-order valence-corrected chi connectivity index (χ3v) is 6.23. The molecule has 5 aromatic rings. The third-order valence-electron chi connectivity index (χ3n) is 6.23. The van der Waals surface area contributed by atoms with Gasteiger partial charge in [0.25, 0.3) is 0 Å². The summed E-state index contributed by atoms with van der Waals surface area (Å²) >= 11 is 0. The van der Waals surface area contributed by atoms with E-state index in [0.717, 1.165) is 28.2 Å². The highest BCUT2D eigenvalue weighted by atomic mass is 16.5. The highest BCUT2D eigenvalue weighted by molar-refractivity contribution is 6.01. The van der Waals surface area contributed by atoms with E-state index in [1.54, 1.807) is 19.4 Å². The molecular formula is C32H29N3O3. The molecule has 6 heteroatoms. The van der Waals surface area contributed by atoms with Gasteiger partial charge in [-0.05, 0) is 64.7 Å². The van der Waals surface area contributed by atoms with Crippen LogP contribution in [-0.4, -0.2) is 22.8 Å². The maximum atomic E-state index is 12.6. The van der Waals surface area contributed by atoms with E-state index in [2.05, 4.69) is 34.7 Å². The molecule has 0 saturated carbocycles. The van der Waals surface area contributed by atoms with E-state index >= 15 is 0 Å². The normalized spacial score (nSPS) is 11.1. The molecule has 0 fully saturated rings. The quantitative estimate of drug-likeness (QED) is 0.229. The van der Waals surface area contributed by atoms with Gasteiger partial charge in [0.05, 0.1) is 25.5 Å². The van der Waals surface area contributed by atoms with Gasteiger partial charge >= 0.3 is 0 Å². The second kappa shape index (κ2) is 11.5. The highest BCUT2D eigenvalue weighted by Gasteiger charge is 2.07. The summed E-state index contributed by atoms with van der Waals surface area (Å²) in [6.07, 6.45) is 6.77. The zero-order chi connectivity index (χ0) is 26.3. The van der Waals surface area contributed by atoms with E-state index in [1.165, 1.54) is 22.4 Å². The minimum Gasteiger partial charge on any atom is -0.496 e. The van der Waals surface area contributed by atoms with Crippen LogP contribution >= 0.6 is 0 Å². The number of aromatic nitrogens is 2. The predicted octanol–water partition coefficient (Wildman–Crippen LogP) is 6.63. The highest BCUT2D eigenvalue weighted by Crippen LogP contribution is 2.24. The molecule has 190 valence electrons. The predicted molar refractivity (Wildman–Crippen MR) is 151 cm³/mol. The summed E-state index contributed by atoms with van der Waals surface area (Å²) in [5.41, 5.74) is 4.71. The molecule has 0 spiro atoms. The summed E-state index contributed by atoms with van der Waals surface area (Å²) in [5.74, 6) is 1.30. The molecule has 4 aromatic carbocycles. The van der Waals surface area contributed by atoms with Crippen LogP contribution in [0.2, 0.25) is 0 Å². The largest absolute Gasteiger partial charge is 0.496 e. The van der Waals surface area contributed by atoms with Crippen molar-refractivity contribution in [2.75, 3.05) is 12.4 Å². The standard InChI is InChI=1S/C32H29N3O3/c1-23-7-5-11-29(17-23)38-22-27-18-24(13-15-31(27)37-2)14-16-32(36)34-28-19-33-35(21-28)20-26-10-6-9-25-8-3-4-12-30(25)26/h3-19,21H,20,22H2,1-2H3,(H,34,36)/b16-14+. The van der Waals surface area contributed by atoms with Crippen molar-refractivity contribution in [1.82, 2.24) is 9.78 Å². The molecule has 0 aliphatic carbocycles. The van der Waals surface area contributed by atoms with Crippen LogP contribution in [0.25, 0.3) is 16.8 Å². The lowest BCUT2D eigenvalue weighted by atomic mass is 10.0. The molecule has 0 atom stereocenters. The number of hydrogen-bond acceptors (Lipinski definition) is 4. The molecule has 5 rings (SSSR count). The van der Waals surface area contributed by atoms with E-state index in [4.69, 9.17) is 9.47 Å². The molecule has 38 heavy (non-hydrogen) atoms. The van der Waals surface area contributed by atoms with Gasteiger partial charge in [-0.2, -0.15) is 5.10 Å². The van der Waals surface area contributed by atoms with Crippen molar-refractivity contribution in [3.8, 4) is 11.5 Å². The average Bonchev–Trinajstić information content (AvgIpc) is 3.37. The number of benzene rings is 4. The molecule has 0 aliphatic heterocycles. The van der Waals surface area contributed by atoms with Gasteiger partial charge in [-0.1, -0.05) is 60.7 Å². The zero-order valence-electron chi connectivity index (χ0n) is 21.4. The first kappa shape index (κ1) is 24.8. The number of hydrogen-bond donors (Lipinski definition) is 1. The van der Waals surface area contributed by atoms with Gasteiger partial charge in [-0.3, -0.25) is 9.48 Å². The zero-order valence-corrected chi connectivity index (χ0v) is 21.4. The Bertz CT molecular complexity index is 1600. The Balaban J connectivity index is 1.22. The summed E-state index contributed by atoms with van der Waals surface area (Å²) in [6.45, 7) is 3.00. The molecule has 0 saturated heterocycles. The van der Waals surface area contributed by atoms with Gasteiger partial charge in [-0.15, -0.1) is 0 Å². The molecule has 6 nitrogen and oxygen atoms in total. The number of ether oxygens (including phenoxy) is 2. The van der Waals surface area contributed by atoms with Crippen molar-refractivity contribution in [3.63, 3.8) is 0 Å². The van der Waals surface area contributed by atoms with Crippen molar-refractivity contribution in [2.24, 2.45) is 0 Å². The number of carbonyl (C=O) groups is 1. The van der Waals surface area contributed by atoms with Gasteiger partial charge in [0.15, 0.2) is 0 Å². The molecular weight excluding hydrogens is 474 g/mol. The van der Waals surface area contributed by atoms with E-state index in [0.29, 0.717) is 18.8 Å². The molecule has 0 bridgehead atoms. The lowest BCUT2D eigenvalue weighted by Gasteiger charge is -2.11. The number of rotatable bonds is 9. The first-order valence-electron chi connectivity index (χ1n) is 12.4. The van der Waals surface area contributed by atoms with Gasteiger partial charge in [0.1, 0.15) is 18.1 Å². The molecule has 1 N–H and O–H groups in total. The van der Waals surface area contributed by atoms with Crippen LogP contribution in [-0.2, 0) is 17.9 Å². The molecule has 1 amide bonds. The summed E-state index contributed by atoms with van der Waals surface area (Å²) < 4.78 is 13.3. The Hall–Kier alpha value is -4.84. The van der Waals surface area contributed by atoms with Crippen molar-refractivity contribution >= 4 is 28.4 Å². The minimum absolute atomic E-state index is 0.233. The summed E-state index contributed by atoms with van der Waals surface area (Å²) in [7, 11) is 1.63. The minimum atomic E-state index is -0.233. The van der Waals surface area contributed by atoms with Crippen LogP contribution in [0.15, 0.2) is 103 Å². The lowest BCUT2D eigenvalue weighted by molar-refractivity contribution is -0.111. The number of anilines is 1. The number of methoxy groups -OCH3 is 1. The number of aryl methyl sites for hydroxylation is 1. The van der Waals surface area contributed by atoms with Gasteiger partial charge in [-0.25, -0.2) is 0 Å². The molecule has 1 aromatic heterocycles. The topological polar surface area (TPSA) is 65.4 Å². The van der Waals surface area contributed by atoms with Crippen LogP contribution in [0.4, 0.5) is 5.69 Å². The van der Waals surface area contributed by atoms with Crippen molar-refractivity contribution in [3.05, 3.63) is 126 Å². The van der Waals surface area contributed by atoms with E-state index in [1.807, 2.05) is 78.5 Å². The SMILES string of the molecule is COc1ccc(/C=C/C(=O)Nc2cnn(Cc3cccc4ccccc34)c2)cc1COc1cccc(C)c1. The van der Waals surface area contributed by atoms with Gasteiger partial charge < -0.3 is 14.8 Å². The molecule has 0 unspecified atom stereocenters. The fourth-order valence-electron chi connectivity index (χ4n) is 4.36. The van der Waals surface area contributed by atoms with E-state index in [-0.39, 0.29) is 5.91 Å². The number of amides is 1. The third kappa shape index (κ3) is 6.10. The second-order valence-electron chi connectivity index (χ2n) is 9.06. The van der Waals surface area contributed by atoms with Crippen LogP contribution in [0.3, 0.4) is 0 Å². The molecule has 0 radical (unpaired) electrons. The van der Waals surface area contributed by atoms with Gasteiger partial charge in [0.2, 0.25) is 5.91 Å². The maximum Gasteiger partial charge on any atom is 0.248 e. The van der Waals surface area contributed by atoms with Crippen LogP contribution in [0.5, 0.6) is 11.5 Å². The number of carbonyl (C=O) groups excluding carboxylic acids is 1. The van der Waals surface area contributed by atoms with Gasteiger partial charge in [0, 0.05) is 17.8 Å². The summed E-state index contributed by atoms with van der Waals surface area (Å²) in [4.78, 5) is 12.6. The first-order valence-corrected chi connectivity index (χ1v) is 12.4. The Morgan fingerprint density at radius 2 is 1.82 bits per heavy atom. The summed E-state index contributed by atoms with van der Waals surface area (Å²) in [6, 6.07) is 28.2. The van der Waals surface area contributed by atoms with Crippen molar-refractivity contribution < 1.29 is 14.3 Å². The Kier molecular flexibility index (Phi) is 7.50. The Labute approximate surface area is 222 Å². The molecule has 1 heterocycles. The van der Waals surface area contributed by atoms with Crippen LogP contribution < -0.4 is 14.8 Å². The van der Waals surface area contributed by atoms with E-state index in [9.17, 15) is 4.79 Å². The average molecular weight is 504 g/mol. The van der Waals surface area contributed by atoms with Crippen LogP contribution in [0.1, 0.15) is 22.3 Å². The maximum absolute atomic E-state index is 12.6. The smallest absolute Gasteiger partial charge is 0.248 e. The van der Waals surface area contributed by atoms with E-state index < -0.39 is 0 Å². The first-order chi connectivity index (χ1) is 18.6. The molecule has 0 aliphatic rings.